The third-order valence-corrected chi connectivity index (χ3v) is 5.15. The Morgan fingerprint density at radius 1 is 0.741 bits per heavy atom. The van der Waals surface area contributed by atoms with Crippen LogP contribution in [0.5, 0.6) is 5.75 Å². The minimum absolute atomic E-state index is 0.244. The maximum absolute atomic E-state index is 9.71. The molecule has 1 aliphatic carbocycles. The molecule has 134 valence electrons. The van der Waals surface area contributed by atoms with Crippen LogP contribution in [-0.2, 0) is 6.42 Å². The van der Waals surface area contributed by atoms with Crippen LogP contribution in [0.25, 0.3) is 11.1 Å². The molecule has 0 radical (unpaired) electrons. The molecule has 4 rings (SSSR count). The summed E-state index contributed by atoms with van der Waals surface area (Å²) in [4.78, 5) is 0. The maximum atomic E-state index is 9.71. The molecule has 4 heteroatoms. The van der Waals surface area contributed by atoms with Gasteiger partial charge >= 0.3 is 7.12 Å². The van der Waals surface area contributed by atoms with Crippen LogP contribution in [0, 0.1) is 0 Å². The van der Waals surface area contributed by atoms with E-state index in [-0.39, 0.29) is 5.75 Å². The zero-order chi connectivity index (χ0) is 18.8. The summed E-state index contributed by atoms with van der Waals surface area (Å²) < 4.78 is 0. The first-order chi connectivity index (χ1) is 13.1. The Hall–Kier alpha value is -2.82. The van der Waals surface area contributed by atoms with Gasteiger partial charge in [0.05, 0.1) is 0 Å². The van der Waals surface area contributed by atoms with E-state index in [1.54, 1.807) is 18.2 Å². The number of fused-ring (bicyclic) bond motifs is 1. The highest BCUT2D eigenvalue weighted by Gasteiger charge is 2.22. The number of aryl methyl sites for hydroxylation is 1. The largest absolute Gasteiger partial charge is 0.508 e. The normalized spacial score (nSPS) is 13.9. The smallest absolute Gasteiger partial charge is 0.488 e. The molecule has 0 spiro atoms. The molecule has 0 fully saturated rings. The first kappa shape index (κ1) is 17.6. The van der Waals surface area contributed by atoms with Crippen molar-refractivity contribution in [1.29, 1.82) is 0 Å². The van der Waals surface area contributed by atoms with Crippen LogP contribution in [0.15, 0.2) is 72.8 Å². The van der Waals surface area contributed by atoms with E-state index in [4.69, 9.17) is 0 Å². The van der Waals surface area contributed by atoms with E-state index in [2.05, 4.69) is 12.1 Å². The van der Waals surface area contributed by atoms with Gasteiger partial charge in [-0.1, -0.05) is 60.7 Å². The van der Waals surface area contributed by atoms with E-state index < -0.39 is 7.12 Å². The van der Waals surface area contributed by atoms with Gasteiger partial charge < -0.3 is 15.2 Å². The SMILES string of the molecule is OB(O)c1ccc2c(c1)CCCC(c1ccccc1)=C2c1ccc(O)cc1. The number of phenols is 1. The zero-order valence-electron chi connectivity index (χ0n) is 15.0. The summed E-state index contributed by atoms with van der Waals surface area (Å²) in [6, 6.07) is 23.3. The number of benzene rings is 3. The lowest BCUT2D eigenvalue weighted by Crippen LogP contribution is -2.30. The quantitative estimate of drug-likeness (QED) is 0.631. The first-order valence-corrected chi connectivity index (χ1v) is 9.21. The van der Waals surface area contributed by atoms with Crippen molar-refractivity contribution >= 4 is 23.7 Å². The third-order valence-electron chi connectivity index (χ3n) is 5.15. The van der Waals surface area contributed by atoms with Crippen molar-refractivity contribution in [2.75, 3.05) is 0 Å². The second-order valence-corrected chi connectivity index (χ2v) is 6.91. The molecule has 0 amide bonds. The molecule has 0 saturated heterocycles. The summed E-state index contributed by atoms with van der Waals surface area (Å²) in [5, 5.41) is 28.8. The number of hydrogen-bond donors (Lipinski definition) is 3. The number of phenolic OH excluding ortho intramolecular Hbond substituents is 1. The molecule has 0 heterocycles. The molecule has 3 N–H and O–H groups in total. The average Bonchev–Trinajstić information content (AvgIpc) is 2.88. The van der Waals surface area contributed by atoms with Gasteiger partial charge in [-0.15, -0.1) is 0 Å². The summed E-state index contributed by atoms with van der Waals surface area (Å²) in [7, 11) is -1.46. The standard InChI is InChI=1S/C23H21BO3/c25-20-12-9-17(10-13-20)23-21(16-5-2-1-3-6-16)8-4-7-18-15-19(24(26)27)11-14-22(18)23/h1-3,5-6,9-15,25-27H,4,7-8H2. The minimum atomic E-state index is -1.46. The van der Waals surface area contributed by atoms with E-state index in [1.807, 2.05) is 42.5 Å². The van der Waals surface area contributed by atoms with E-state index in [9.17, 15) is 15.2 Å². The molecule has 0 saturated carbocycles. The molecule has 3 aromatic carbocycles. The fourth-order valence-electron chi connectivity index (χ4n) is 3.85. The molecule has 0 aromatic heterocycles. The van der Waals surface area contributed by atoms with Crippen molar-refractivity contribution in [1.82, 2.24) is 0 Å². The lowest BCUT2D eigenvalue weighted by Gasteiger charge is -2.17. The number of allylic oxidation sites excluding steroid dienone is 1. The predicted octanol–water partition coefficient (Wildman–Crippen LogP) is 3.37. The molecule has 0 bridgehead atoms. The molecule has 0 atom stereocenters. The molecule has 3 nitrogen and oxygen atoms in total. The van der Waals surface area contributed by atoms with E-state index in [0.717, 1.165) is 41.5 Å². The van der Waals surface area contributed by atoms with Gasteiger partial charge in [0, 0.05) is 0 Å². The Labute approximate surface area is 159 Å². The van der Waals surface area contributed by atoms with Gasteiger partial charge in [0.15, 0.2) is 0 Å². The second kappa shape index (κ2) is 7.43. The number of rotatable bonds is 3. The fraction of sp³-hybridized carbons (Fsp3) is 0.130. The first-order valence-electron chi connectivity index (χ1n) is 9.21. The van der Waals surface area contributed by atoms with E-state index >= 15 is 0 Å². The van der Waals surface area contributed by atoms with Gasteiger partial charge in [-0.2, -0.15) is 0 Å². The molecule has 1 aliphatic rings. The highest BCUT2D eigenvalue weighted by molar-refractivity contribution is 6.58. The van der Waals surface area contributed by atoms with Gasteiger partial charge in [0.25, 0.3) is 0 Å². The van der Waals surface area contributed by atoms with Crippen LogP contribution >= 0.6 is 0 Å². The Bertz CT molecular complexity index is 976. The van der Waals surface area contributed by atoms with Gasteiger partial charge in [-0.05, 0) is 70.3 Å². The monoisotopic (exact) mass is 356 g/mol. The van der Waals surface area contributed by atoms with Crippen molar-refractivity contribution in [2.24, 2.45) is 0 Å². The Morgan fingerprint density at radius 3 is 2.19 bits per heavy atom. The summed E-state index contributed by atoms with van der Waals surface area (Å²) in [6.07, 6.45) is 2.81. The molecular formula is C23H21BO3. The van der Waals surface area contributed by atoms with Gasteiger partial charge in [0.2, 0.25) is 0 Å². The number of hydrogen-bond acceptors (Lipinski definition) is 3. The Kier molecular flexibility index (Phi) is 4.84. The van der Waals surface area contributed by atoms with Gasteiger partial charge in [-0.25, -0.2) is 0 Å². The highest BCUT2D eigenvalue weighted by Crippen LogP contribution is 2.39. The van der Waals surface area contributed by atoms with Gasteiger partial charge in [0.1, 0.15) is 5.75 Å². The summed E-state index contributed by atoms with van der Waals surface area (Å²) in [5.74, 6) is 0.244. The lowest BCUT2D eigenvalue weighted by molar-refractivity contribution is 0.425. The van der Waals surface area contributed by atoms with Crippen molar-refractivity contribution in [3.8, 4) is 5.75 Å². The third kappa shape index (κ3) is 3.54. The van der Waals surface area contributed by atoms with Crippen LogP contribution in [0.2, 0.25) is 0 Å². The van der Waals surface area contributed by atoms with Crippen molar-refractivity contribution in [2.45, 2.75) is 19.3 Å². The molecule has 0 unspecified atom stereocenters. The van der Waals surface area contributed by atoms with Crippen LogP contribution in [0.3, 0.4) is 0 Å². The molecule has 27 heavy (non-hydrogen) atoms. The number of aromatic hydroxyl groups is 1. The lowest BCUT2D eigenvalue weighted by atomic mass is 9.77. The van der Waals surface area contributed by atoms with Gasteiger partial charge in [-0.3, -0.25) is 0 Å². The van der Waals surface area contributed by atoms with Crippen molar-refractivity contribution < 1.29 is 15.2 Å². The van der Waals surface area contributed by atoms with Crippen molar-refractivity contribution in [3.63, 3.8) is 0 Å². The average molecular weight is 356 g/mol. The molecule has 3 aromatic rings. The second-order valence-electron chi connectivity index (χ2n) is 6.91. The zero-order valence-corrected chi connectivity index (χ0v) is 15.0. The minimum Gasteiger partial charge on any atom is -0.508 e. The predicted molar refractivity (Wildman–Crippen MR) is 110 cm³/mol. The summed E-state index contributed by atoms with van der Waals surface area (Å²) in [6.45, 7) is 0. The highest BCUT2D eigenvalue weighted by atomic mass is 16.4. The summed E-state index contributed by atoms with van der Waals surface area (Å²) >= 11 is 0. The van der Waals surface area contributed by atoms with Crippen LogP contribution in [0.1, 0.15) is 35.1 Å². The van der Waals surface area contributed by atoms with Crippen LogP contribution < -0.4 is 5.46 Å². The molecule has 0 aliphatic heterocycles. The Morgan fingerprint density at radius 2 is 1.48 bits per heavy atom. The fourth-order valence-corrected chi connectivity index (χ4v) is 3.85. The van der Waals surface area contributed by atoms with E-state index in [0.29, 0.717) is 5.46 Å². The van der Waals surface area contributed by atoms with E-state index in [1.165, 1.54) is 11.1 Å². The Balaban J connectivity index is 1.97. The maximum Gasteiger partial charge on any atom is 0.488 e. The topological polar surface area (TPSA) is 60.7 Å². The molecular weight excluding hydrogens is 335 g/mol. The van der Waals surface area contributed by atoms with Crippen LogP contribution in [0.4, 0.5) is 0 Å². The summed E-state index contributed by atoms with van der Waals surface area (Å²) in [5.41, 5.74) is 7.41. The van der Waals surface area contributed by atoms with Crippen molar-refractivity contribution in [3.05, 3.63) is 95.1 Å². The van der Waals surface area contributed by atoms with Crippen LogP contribution in [-0.4, -0.2) is 22.3 Å².